The molecule has 0 aliphatic carbocycles. The van der Waals surface area contributed by atoms with Crippen LogP contribution in [-0.4, -0.2) is 24.0 Å². The van der Waals surface area contributed by atoms with Gasteiger partial charge in [0.2, 0.25) is 0 Å². The van der Waals surface area contributed by atoms with Crippen LogP contribution in [0.4, 0.5) is 0 Å². The first-order valence-corrected chi connectivity index (χ1v) is 15.4. The number of amides is 1. The van der Waals surface area contributed by atoms with Crippen LogP contribution < -0.4 is 19.5 Å². The fourth-order valence-electron chi connectivity index (χ4n) is 4.60. The third-order valence-electron chi connectivity index (χ3n) is 6.80. The second-order valence-electron chi connectivity index (χ2n) is 9.81. The zero-order chi connectivity index (χ0) is 29.9. The van der Waals surface area contributed by atoms with Gasteiger partial charge in [0.1, 0.15) is 11.8 Å². The predicted octanol–water partition coefficient (Wildman–Crippen LogP) is 4.12. The minimum atomic E-state index is -4.18. The number of carbonyl (C=O) groups is 1. The van der Waals surface area contributed by atoms with E-state index in [0.29, 0.717) is 14.8 Å². The number of carbonyl (C=O) groups excluding carboxylic acids is 1. The highest BCUT2D eigenvalue weighted by molar-refractivity contribution is 7.90. The molecule has 0 bridgehead atoms. The Balaban J connectivity index is 1.51. The molecule has 0 spiro atoms. The highest BCUT2D eigenvalue weighted by Crippen LogP contribution is 2.28. The Labute approximate surface area is 247 Å². The molecule has 0 saturated carbocycles. The SMILES string of the molecule is C=c1s/c(=C\c2ccc(-c3ccccc3O)cc2)c(=O)n1[C@@H](Cc1ccccc1)C(=O)NS(=O)(=O)c1ccc(C)cc1. The highest BCUT2D eigenvalue weighted by Gasteiger charge is 2.28. The van der Waals surface area contributed by atoms with Crippen LogP contribution in [0.1, 0.15) is 22.7 Å². The molecular weight excluding hydrogens is 569 g/mol. The van der Waals surface area contributed by atoms with Gasteiger partial charge < -0.3 is 5.11 Å². The average molecular weight is 597 g/mol. The van der Waals surface area contributed by atoms with Gasteiger partial charge in [0.15, 0.2) is 0 Å². The van der Waals surface area contributed by atoms with Gasteiger partial charge in [-0.05, 0) is 47.9 Å². The standard InChI is InChI=1S/C33H28N2O5S2/c1-22-12-18-27(19-13-22)42(39,40)34-32(37)29(20-24-8-4-3-5-9-24)35-23(2)41-31(33(35)38)21-25-14-16-26(17-15-25)28-10-6-7-11-30(28)36/h3-19,21,29,36H,2,20H2,1H3,(H,34,37)/b31-21-/t29-/m0/s1. The van der Waals surface area contributed by atoms with Crippen LogP contribution in [0.3, 0.4) is 0 Å². The van der Waals surface area contributed by atoms with Crippen molar-refractivity contribution in [1.29, 1.82) is 0 Å². The number of para-hydroxylation sites is 1. The first-order valence-electron chi connectivity index (χ1n) is 13.1. The van der Waals surface area contributed by atoms with E-state index in [4.69, 9.17) is 0 Å². The lowest BCUT2D eigenvalue weighted by Gasteiger charge is -2.18. The quantitative estimate of drug-likeness (QED) is 0.281. The fraction of sp³-hybridized carbons (Fsp3) is 0.0909. The number of hydrogen-bond donors (Lipinski definition) is 2. The molecule has 0 aliphatic heterocycles. The lowest BCUT2D eigenvalue weighted by molar-refractivity contribution is -0.122. The van der Waals surface area contributed by atoms with Gasteiger partial charge >= 0.3 is 0 Å². The van der Waals surface area contributed by atoms with Crippen LogP contribution >= 0.6 is 11.3 Å². The molecule has 4 aromatic carbocycles. The van der Waals surface area contributed by atoms with Gasteiger partial charge in [-0.25, -0.2) is 13.1 Å². The summed E-state index contributed by atoms with van der Waals surface area (Å²) in [6, 6.07) is 28.5. The summed E-state index contributed by atoms with van der Waals surface area (Å²) >= 11 is 1.13. The Morgan fingerprint density at radius 2 is 1.60 bits per heavy atom. The number of benzene rings is 4. The van der Waals surface area contributed by atoms with Crippen molar-refractivity contribution in [2.24, 2.45) is 0 Å². The predicted molar refractivity (Wildman–Crippen MR) is 166 cm³/mol. The van der Waals surface area contributed by atoms with E-state index in [0.717, 1.165) is 33.6 Å². The molecule has 0 unspecified atom stereocenters. The maximum absolute atomic E-state index is 13.7. The van der Waals surface area contributed by atoms with Gasteiger partial charge in [-0.1, -0.05) is 97.1 Å². The van der Waals surface area contributed by atoms with Crippen molar-refractivity contribution in [3.63, 3.8) is 0 Å². The summed E-state index contributed by atoms with van der Waals surface area (Å²) in [5.41, 5.74) is 3.45. The molecular formula is C33H28N2O5S2. The topological polar surface area (TPSA) is 105 Å². The van der Waals surface area contributed by atoms with Crippen LogP contribution in [0.5, 0.6) is 5.75 Å². The van der Waals surface area contributed by atoms with Crippen molar-refractivity contribution in [2.45, 2.75) is 24.3 Å². The molecule has 0 radical (unpaired) electrons. The maximum atomic E-state index is 13.7. The summed E-state index contributed by atoms with van der Waals surface area (Å²) in [4.78, 5) is 27.2. The van der Waals surface area contributed by atoms with Crippen molar-refractivity contribution < 1.29 is 18.3 Å². The molecule has 7 nitrogen and oxygen atoms in total. The molecule has 5 aromatic rings. The van der Waals surface area contributed by atoms with E-state index in [9.17, 15) is 23.1 Å². The molecule has 1 atom stereocenters. The Bertz CT molecular complexity index is 2010. The van der Waals surface area contributed by atoms with Crippen molar-refractivity contribution in [1.82, 2.24) is 9.29 Å². The van der Waals surface area contributed by atoms with E-state index in [1.165, 1.54) is 16.7 Å². The van der Waals surface area contributed by atoms with E-state index in [1.807, 2.05) is 73.7 Å². The summed E-state index contributed by atoms with van der Waals surface area (Å²) in [5, 5.41) is 10.2. The lowest BCUT2D eigenvalue weighted by Crippen LogP contribution is -2.44. The number of aromatic hydroxyl groups is 1. The van der Waals surface area contributed by atoms with E-state index in [-0.39, 0.29) is 17.1 Å². The number of sulfonamides is 1. The summed E-state index contributed by atoms with van der Waals surface area (Å²) < 4.78 is 30.2. The Morgan fingerprint density at radius 1 is 0.952 bits per heavy atom. The van der Waals surface area contributed by atoms with Gasteiger partial charge in [-0.15, -0.1) is 11.3 Å². The maximum Gasteiger partial charge on any atom is 0.269 e. The first-order chi connectivity index (χ1) is 20.1. The molecule has 9 heteroatoms. The van der Waals surface area contributed by atoms with Gasteiger partial charge in [0.05, 0.1) is 14.1 Å². The largest absolute Gasteiger partial charge is 0.507 e. The number of thiazole rings is 1. The first kappa shape index (κ1) is 28.8. The molecule has 42 heavy (non-hydrogen) atoms. The van der Waals surface area contributed by atoms with E-state index in [2.05, 4.69) is 11.3 Å². The third-order valence-corrected chi connectivity index (χ3v) is 9.11. The highest BCUT2D eigenvalue weighted by atomic mass is 32.2. The van der Waals surface area contributed by atoms with Crippen LogP contribution in [0.2, 0.25) is 0 Å². The number of phenols is 1. The van der Waals surface area contributed by atoms with Gasteiger partial charge in [-0.2, -0.15) is 0 Å². The number of hydrogen-bond acceptors (Lipinski definition) is 6. The summed E-state index contributed by atoms with van der Waals surface area (Å²) in [6.07, 6.45) is 1.79. The van der Waals surface area contributed by atoms with Gasteiger partial charge in [0.25, 0.3) is 21.5 Å². The number of aromatic nitrogens is 1. The van der Waals surface area contributed by atoms with Crippen LogP contribution in [0.15, 0.2) is 113 Å². The van der Waals surface area contributed by atoms with Gasteiger partial charge in [-0.3, -0.25) is 14.2 Å². The number of nitrogens with zero attached hydrogens (tertiary/aromatic N) is 1. The zero-order valence-corrected chi connectivity index (χ0v) is 24.4. The Hall–Kier alpha value is -4.73. The Morgan fingerprint density at radius 3 is 2.26 bits per heavy atom. The van der Waals surface area contributed by atoms with Crippen molar-refractivity contribution in [3.05, 3.63) is 139 Å². The third kappa shape index (κ3) is 6.27. The minimum absolute atomic E-state index is 0.0475. The number of nitrogens with one attached hydrogen (secondary N) is 1. The normalized spacial score (nSPS) is 12.6. The summed E-state index contributed by atoms with van der Waals surface area (Å²) in [7, 11) is -4.18. The number of rotatable bonds is 8. The van der Waals surface area contributed by atoms with Crippen molar-refractivity contribution in [2.75, 3.05) is 0 Å². The second-order valence-corrected chi connectivity index (χ2v) is 12.6. The summed E-state index contributed by atoms with van der Waals surface area (Å²) in [6.45, 7) is 5.85. The average Bonchev–Trinajstić information content (AvgIpc) is 3.24. The molecule has 1 amide bonds. The molecule has 1 aromatic heterocycles. The second kappa shape index (κ2) is 12.0. The van der Waals surface area contributed by atoms with E-state index >= 15 is 0 Å². The van der Waals surface area contributed by atoms with E-state index in [1.54, 1.807) is 30.3 Å². The molecule has 0 aliphatic rings. The lowest BCUT2D eigenvalue weighted by atomic mass is 10.0. The molecule has 0 fully saturated rings. The fourth-order valence-corrected chi connectivity index (χ4v) is 6.56. The van der Waals surface area contributed by atoms with Crippen LogP contribution in [0.25, 0.3) is 23.8 Å². The number of phenolic OH excluding ortho intramolecular Hbond substituents is 1. The van der Waals surface area contributed by atoms with E-state index < -0.39 is 27.5 Å². The number of aryl methyl sites for hydroxylation is 1. The van der Waals surface area contributed by atoms with Crippen LogP contribution in [0, 0.1) is 6.92 Å². The molecule has 1 heterocycles. The van der Waals surface area contributed by atoms with Crippen molar-refractivity contribution >= 4 is 39.9 Å². The minimum Gasteiger partial charge on any atom is -0.507 e. The molecule has 2 N–H and O–H groups in total. The monoisotopic (exact) mass is 596 g/mol. The molecule has 212 valence electrons. The Kier molecular flexibility index (Phi) is 8.24. The van der Waals surface area contributed by atoms with Crippen molar-refractivity contribution in [3.8, 4) is 16.9 Å². The molecule has 5 rings (SSSR count). The van der Waals surface area contributed by atoms with Gasteiger partial charge in [0, 0.05) is 12.0 Å². The zero-order valence-electron chi connectivity index (χ0n) is 22.7. The summed E-state index contributed by atoms with van der Waals surface area (Å²) in [5.74, 6) is -0.660. The molecule has 0 saturated heterocycles. The smallest absolute Gasteiger partial charge is 0.269 e. The van der Waals surface area contributed by atoms with Crippen LogP contribution in [-0.2, 0) is 21.2 Å².